The minimum atomic E-state index is 0.400. The second-order valence-corrected chi connectivity index (χ2v) is 7.74. The molecule has 1 fully saturated rings. The number of nitrogens with one attached hydrogen (secondary N) is 1. The van der Waals surface area contributed by atoms with Gasteiger partial charge in [-0.15, -0.1) is 11.3 Å². The lowest BCUT2D eigenvalue weighted by atomic mass is 10.0. The largest absolute Gasteiger partial charge is 0.486 e. The molecule has 116 valence electrons. The van der Waals surface area contributed by atoms with E-state index < -0.39 is 0 Å². The topological polar surface area (TPSA) is 30.5 Å². The molecule has 1 aromatic heterocycles. The Bertz CT molecular complexity index is 668. The minimum Gasteiger partial charge on any atom is -0.486 e. The smallest absolute Gasteiger partial charge is 0.161 e. The van der Waals surface area contributed by atoms with E-state index in [9.17, 15) is 0 Å². The van der Waals surface area contributed by atoms with Gasteiger partial charge in [-0.3, -0.25) is 0 Å². The van der Waals surface area contributed by atoms with Gasteiger partial charge in [0.2, 0.25) is 0 Å². The fourth-order valence-electron chi connectivity index (χ4n) is 2.90. The van der Waals surface area contributed by atoms with Gasteiger partial charge in [-0.05, 0) is 58.5 Å². The van der Waals surface area contributed by atoms with E-state index in [0.29, 0.717) is 19.3 Å². The summed E-state index contributed by atoms with van der Waals surface area (Å²) in [6.07, 6.45) is 2.61. The van der Waals surface area contributed by atoms with Crippen LogP contribution in [0.2, 0.25) is 0 Å². The van der Waals surface area contributed by atoms with Crippen LogP contribution in [0.5, 0.6) is 11.5 Å². The molecule has 2 aliphatic rings. The molecule has 3 nitrogen and oxygen atoms in total. The van der Waals surface area contributed by atoms with Crippen molar-refractivity contribution < 1.29 is 9.47 Å². The molecular formula is C17H18BrNO2S. The van der Waals surface area contributed by atoms with Gasteiger partial charge < -0.3 is 14.8 Å². The lowest BCUT2D eigenvalue weighted by Gasteiger charge is -2.23. The monoisotopic (exact) mass is 379 g/mol. The van der Waals surface area contributed by atoms with Gasteiger partial charge >= 0.3 is 0 Å². The summed E-state index contributed by atoms with van der Waals surface area (Å²) >= 11 is 5.31. The Hall–Kier alpha value is -1.04. The van der Waals surface area contributed by atoms with Crippen LogP contribution in [0.15, 0.2) is 34.1 Å². The van der Waals surface area contributed by atoms with Crippen molar-refractivity contribution in [2.75, 3.05) is 13.2 Å². The third-order valence-electron chi connectivity index (χ3n) is 4.14. The summed E-state index contributed by atoms with van der Waals surface area (Å²) in [4.78, 5) is 1.36. The first kappa shape index (κ1) is 14.5. The Labute approximate surface area is 142 Å². The zero-order valence-corrected chi connectivity index (χ0v) is 14.6. The highest BCUT2D eigenvalue weighted by Crippen LogP contribution is 2.43. The molecule has 1 aliphatic heterocycles. The van der Waals surface area contributed by atoms with Crippen molar-refractivity contribution in [2.24, 2.45) is 5.92 Å². The molecule has 0 bridgehead atoms. The maximum absolute atomic E-state index is 5.72. The summed E-state index contributed by atoms with van der Waals surface area (Å²) in [7, 11) is 0. The van der Waals surface area contributed by atoms with Crippen LogP contribution in [0, 0.1) is 5.92 Å². The van der Waals surface area contributed by atoms with Crippen molar-refractivity contribution in [1.29, 1.82) is 0 Å². The molecule has 2 aromatic rings. The van der Waals surface area contributed by atoms with Crippen LogP contribution >= 0.6 is 27.3 Å². The van der Waals surface area contributed by atoms with Gasteiger partial charge in [0.15, 0.2) is 11.5 Å². The van der Waals surface area contributed by atoms with Gasteiger partial charge in [0.25, 0.3) is 0 Å². The van der Waals surface area contributed by atoms with Gasteiger partial charge in [-0.2, -0.15) is 0 Å². The predicted octanol–water partition coefficient (Wildman–Crippen LogP) is 4.52. The highest BCUT2D eigenvalue weighted by atomic mass is 79.9. The number of thiophene rings is 1. The zero-order chi connectivity index (χ0) is 14.9. The number of fused-ring (bicyclic) bond motifs is 1. The van der Waals surface area contributed by atoms with Crippen LogP contribution in [0.1, 0.15) is 29.3 Å². The van der Waals surface area contributed by atoms with E-state index in [1.807, 2.05) is 6.07 Å². The summed E-state index contributed by atoms with van der Waals surface area (Å²) in [5, 5.41) is 5.86. The van der Waals surface area contributed by atoms with Crippen LogP contribution in [0.4, 0.5) is 0 Å². The van der Waals surface area contributed by atoms with E-state index in [-0.39, 0.29) is 0 Å². The van der Waals surface area contributed by atoms with Crippen molar-refractivity contribution in [3.8, 4) is 11.5 Å². The van der Waals surface area contributed by atoms with Crippen LogP contribution in [0.25, 0.3) is 0 Å². The fourth-order valence-corrected chi connectivity index (χ4v) is 4.30. The summed E-state index contributed by atoms with van der Waals surface area (Å²) in [5.41, 5.74) is 1.31. The third-order valence-corrected chi connectivity index (χ3v) is 5.83. The lowest BCUT2D eigenvalue weighted by Crippen LogP contribution is -2.23. The SMILES string of the molecule is Brc1csc(CN[C@@H](c2ccc3c(c2)OCCO3)C2CC2)c1. The van der Waals surface area contributed by atoms with E-state index in [2.05, 4.69) is 44.8 Å². The summed E-state index contributed by atoms with van der Waals surface area (Å²) in [6, 6.07) is 8.95. The van der Waals surface area contributed by atoms with Crippen LogP contribution in [-0.2, 0) is 6.54 Å². The summed E-state index contributed by atoms with van der Waals surface area (Å²) in [5.74, 6) is 2.49. The molecule has 22 heavy (non-hydrogen) atoms. The van der Waals surface area contributed by atoms with Gasteiger partial charge in [-0.1, -0.05) is 6.07 Å². The van der Waals surface area contributed by atoms with Crippen LogP contribution < -0.4 is 14.8 Å². The van der Waals surface area contributed by atoms with Crippen molar-refractivity contribution in [3.05, 3.63) is 44.6 Å². The lowest BCUT2D eigenvalue weighted by molar-refractivity contribution is 0.171. The van der Waals surface area contributed by atoms with E-state index in [1.165, 1.54) is 23.3 Å². The van der Waals surface area contributed by atoms with Gasteiger partial charge in [0.1, 0.15) is 13.2 Å². The molecular weight excluding hydrogens is 362 g/mol. The standard InChI is InChI=1S/C17H18BrNO2S/c18-13-8-14(22-10-13)9-19-17(11-1-2-11)12-3-4-15-16(7-12)21-6-5-20-15/h3-4,7-8,10-11,17,19H,1-2,5-6,9H2/t17-/m1/s1. The van der Waals surface area contributed by atoms with E-state index in [1.54, 1.807) is 11.3 Å². The van der Waals surface area contributed by atoms with Gasteiger partial charge in [0, 0.05) is 27.3 Å². The molecule has 0 saturated heterocycles. The second-order valence-electron chi connectivity index (χ2n) is 5.83. The van der Waals surface area contributed by atoms with Crippen LogP contribution in [0.3, 0.4) is 0 Å². The number of halogens is 1. The molecule has 5 heteroatoms. The average Bonchev–Trinajstić information content (AvgIpc) is 3.29. The molecule has 1 aromatic carbocycles. The third kappa shape index (κ3) is 3.16. The fraction of sp³-hybridized carbons (Fsp3) is 0.412. The first-order valence-electron chi connectivity index (χ1n) is 7.65. The normalized spacial score (nSPS) is 18.2. The average molecular weight is 380 g/mol. The van der Waals surface area contributed by atoms with Crippen molar-refractivity contribution in [1.82, 2.24) is 5.32 Å². The Balaban J connectivity index is 1.51. The first-order valence-corrected chi connectivity index (χ1v) is 9.33. The molecule has 1 N–H and O–H groups in total. The Morgan fingerprint density at radius 1 is 1.18 bits per heavy atom. The molecule has 4 rings (SSSR count). The molecule has 2 heterocycles. The molecule has 0 radical (unpaired) electrons. The van der Waals surface area contributed by atoms with Gasteiger partial charge in [0.05, 0.1) is 0 Å². The molecule has 1 atom stereocenters. The highest BCUT2D eigenvalue weighted by Gasteiger charge is 2.32. The van der Waals surface area contributed by atoms with Crippen molar-refractivity contribution >= 4 is 27.3 Å². The quantitative estimate of drug-likeness (QED) is 0.827. The number of benzene rings is 1. The molecule has 1 saturated carbocycles. The van der Waals surface area contributed by atoms with Gasteiger partial charge in [-0.25, -0.2) is 0 Å². The maximum atomic E-state index is 5.72. The summed E-state index contributed by atoms with van der Waals surface area (Å²) < 4.78 is 12.5. The maximum Gasteiger partial charge on any atom is 0.161 e. The minimum absolute atomic E-state index is 0.400. The highest BCUT2D eigenvalue weighted by molar-refractivity contribution is 9.10. The first-order chi connectivity index (χ1) is 10.8. The molecule has 0 unspecified atom stereocenters. The van der Waals surface area contributed by atoms with E-state index in [4.69, 9.17) is 9.47 Å². The van der Waals surface area contributed by atoms with E-state index in [0.717, 1.165) is 28.4 Å². The number of ether oxygens (including phenoxy) is 2. The Kier molecular flexibility index (Phi) is 4.11. The predicted molar refractivity (Wildman–Crippen MR) is 91.8 cm³/mol. The van der Waals surface area contributed by atoms with E-state index >= 15 is 0 Å². The molecule has 1 aliphatic carbocycles. The second kappa shape index (κ2) is 6.22. The zero-order valence-electron chi connectivity index (χ0n) is 12.2. The molecule has 0 spiro atoms. The van der Waals surface area contributed by atoms with Crippen molar-refractivity contribution in [3.63, 3.8) is 0 Å². The Morgan fingerprint density at radius 2 is 2.00 bits per heavy atom. The number of hydrogen-bond donors (Lipinski definition) is 1. The van der Waals surface area contributed by atoms with Crippen molar-refractivity contribution in [2.45, 2.75) is 25.4 Å². The Morgan fingerprint density at radius 3 is 2.73 bits per heavy atom. The summed E-state index contributed by atoms with van der Waals surface area (Å²) in [6.45, 7) is 2.19. The number of rotatable bonds is 5. The number of hydrogen-bond acceptors (Lipinski definition) is 4. The molecule has 0 amide bonds. The van der Waals surface area contributed by atoms with Crippen LogP contribution in [-0.4, -0.2) is 13.2 Å².